The number of esters is 1. The molecule has 0 aliphatic heterocycles. The molecule has 0 aliphatic rings. The second kappa shape index (κ2) is 4.80. The molecule has 0 N–H and O–H groups in total. The Morgan fingerprint density at radius 1 is 1.62 bits per heavy atom. The monoisotopic (exact) mass is 301 g/mol. The van der Waals surface area contributed by atoms with Crippen LogP contribution >= 0.6 is 27.3 Å². The van der Waals surface area contributed by atoms with Crippen molar-refractivity contribution in [1.82, 2.24) is 5.16 Å². The van der Waals surface area contributed by atoms with Gasteiger partial charge in [-0.05, 0) is 28.9 Å². The maximum atomic E-state index is 11.3. The van der Waals surface area contributed by atoms with E-state index in [1.165, 1.54) is 11.3 Å². The molecule has 0 amide bonds. The third-order valence-electron chi connectivity index (χ3n) is 1.81. The molecule has 2 rings (SSSR count). The van der Waals surface area contributed by atoms with Crippen LogP contribution < -0.4 is 0 Å². The van der Waals surface area contributed by atoms with E-state index in [0.29, 0.717) is 12.4 Å². The first-order chi connectivity index (χ1) is 7.70. The Balaban J connectivity index is 2.22. The Hall–Kier alpha value is -1.14. The lowest BCUT2D eigenvalue weighted by atomic mass is 10.3. The van der Waals surface area contributed by atoms with Gasteiger partial charge < -0.3 is 9.26 Å². The van der Waals surface area contributed by atoms with Gasteiger partial charge >= 0.3 is 5.97 Å². The van der Waals surface area contributed by atoms with Gasteiger partial charge in [-0.1, -0.05) is 5.16 Å². The molecule has 4 nitrogen and oxygen atoms in total. The maximum Gasteiger partial charge on any atom is 0.360 e. The van der Waals surface area contributed by atoms with E-state index in [1.807, 2.05) is 11.4 Å². The van der Waals surface area contributed by atoms with Crippen molar-refractivity contribution in [2.24, 2.45) is 0 Å². The van der Waals surface area contributed by atoms with E-state index in [2.05, 4.69) is 21.1 Å². The first-order valence-electron chi connectivity index (χ1n) is 4.59. The average Bonchev–Trinajstić information content (AvgIpc) is 2.85. The molecule has 84 valence electrons. The second-order valence-electron chi connectivity index (χ2n) is 2.93. The SMILES string of the molecule is CCOC(=O)c1cc(-c2cc(Br)cs2)on1. The van der Waals surface area contributed by atoms with Crippen LogP contribution in [0, 0.1) is 0 Å². The minimum atomic E-state index is -0.465. The molecule has 0 fully saturated rings. The summed E-state index contributed by atoms with van der Waals surface area (Å²) >= 11 is 4.86. The Labute approximate surface area is 104 Å². The van der Waals surface area contributed by atoms with Crippen LogP contribution in [0.15, 0.2) is 26.5 Å². The molecular formula is C10H8BrNO3S. The summed E-state index contributed by atoms with van der Waals surface area (Å²) in [7, 11) is 0. The fraction of sp³-hybridized carbons (Fsp3) is 0.200. The van der Waals surface area contributed by atoms with Crippen molar-refractivity contribution >= 4 is 33.2 Å². The van der Waals surface area contributed by atoms with E-state index in [4.69, 9.17) is 9.26 Å². The van der Waals surface area contributed by atoms with E-state index >= 15 is 0 Å². The van der Waals surface area contributed by atoms with Crippen molar-refractivity contribution in [2.75, 3.05) is 6.61 Å². The van der Waals surface area contributed by atoms with Crippen LogP contribution in [0.1, 0.15) is 17.4 Å². The van der Waals surface area contributed by atoms with E-state index < -0.39 is 5.97 Å². The number of carbonyl (C=O) groups excluding carboxylic acids is 1. The maximum absolute atomic E-state index is 11.3. The smallest absolute Gasteiger partial charge is 0.360 e. The van der Waals surface area contributed by atoms with Crippen LogP contribution in [0.3, 0.4) is 0 Å². The van der Waals surface area contributed by atoms with E-state index in [-0.39, 0.29) is 5.69 Å². The third kappa shape index (κ3) is 2.33. The van der Waals surface area contributed by atoms with E-state index in [9.17, 15) is 4.79 Å². The van der Waals surface area contributed by atoms with Crippen LogP contribution in [0.4, 0.5) is 0 Å². The third-order valence-corrected chi connectivity index (χ3v) is 3.51. The highest BCUT2D eigenvalue weighted by Gasteiger charge is 2.15. The topological polar surface area (TPSA) is 52.3 Å². The Morgan fingerprint density at radius 3 is 3.06 bits per heavy atom. The van der Waals surface area contributed by atoms with Gasteiger partial charge in [0, 0.05) is 15.9 Å². The molecule has 2 heterocycles. The molecule has 0 unspecified atom stereocenters. The van der Waals surface area contributed by atoms with Crippen molar-refractivity contribution in [3.8, 4) is 10.6 Å². The highest BCUT2D eigenvalue weighted by molar-refractivity contribution is 9.10. The normalized spacial score (nSPS) is 10.4. The van der Waals surface area contributed by atoms with Crippen molar-refractivity contribution in [2.45, 2.75) is 6.92 Å². The highest BCUT2D eigenvalue weighted by Crippen LogP contribution is 2.30. The summed E-state index contributed by atoms with van der Waals surface area (Å²) in [6.45, 7) is 2.07. The largest absolute Gasteiger partial charge is 0.461 e. The van der Waals surface area contributed by atoms with Crippen molar-refractivity contribution in [3.05, 3.63) is 27.7 Å². The Bertz CT molecular complexity index is 506. The molecule has 0 aliphatic carbocycles. The van der Waals surface area contributed by atoms with E-state index in [1.54, 1.807) is 13.0 Å². The van der Waals surface area contributed by atoms with Crippen LogP contribution in [0.25, 0.3) is 10.6 Å². The van der Waals surface area contributed by atoms with Gasteiger partial charge in [0.05, 0.1) is 11.5 Å². The summed E-state index contributed by atoms with van der Waals surface area (Å²) in [4.78, 5) is 12.3. The van der Waals surface area contributed by atoms with Gasteiger partial charge in [-0.15, -0.1) is 11.3 Å². The van der Waals surface area contributed by atoms with E-state index in [0.717, 1.165) is 9.35 Å². The molecule has 2 aromatic heterocycles. The number of hydrogen-bond donors (Lipinski definition) is 0. The van der Waals surface area contributed by atoms with Crippen molar-refractivity contribution in [3.63, 3.8) is 0 Å². The molecule has 0 saturated carbocycles. The number of ether oxygens (including phenoxy) is 1. The fourth-order valence-electron chi connectivity index (χ4n) is 1.13. The lowest BCUT2D eigenvalue weighted by Gasteiger charge is -1.94. The molecule has 6 heteroatoms. The standard InChI is InChI=1S/C10H8BrNO3S/c1-2-14-10(13)7-4-8(15-12-7)9-3-6(11)5-16-9/h3-5H,2H2,1H3. The lowest BCUT2D eigenvalue weighted by molar-refractivity contribution is 0.0514. The fourth-order valence-corrected chi connectivity index (χ4v) is 2.51. The summed E-state index contributed by atoms with van der Waals surface area (Å²) < 4.78 is 10.9. The predicted octanol–water partition coefficient (Wildman–Crippen LogP) is 3.34. The second-order valence-corrected chi connectivity index (χ2v) is 4.75. The average molecular weight is 302 g/mol. The summed E-state index contributed by atoms with van der Waals surface area (Å²) in [6.07, 6.45) is 0. The van der Waals surface area contributed by atoms with Gasteiger partial charge in [-0.2, -0.15) is 0 Å². The Morgan fingerprint density at radius 2 is 2.44 bits per heavy atom. The number of nitrogens with zero attached hydrogens (tertiary/aromatic N) is 1. The van der Waals surface area contributed by atoms with Crippen LogP contribution in [0.5, 0.6) is 0 Å². The molecule has 0 atom stereocenters. The summed E-state index contributed by atoms with van der Waals surface area (Å²) in [5.74, 6) is 0.104. The zero-order valence-electron chi connectivity index (χ0n) is 8.40. The zero-order chi connectivity index (χ0) is 11.5. The van der Waals surface area contributed by atoms with Gasteiger partial charge in [0.2, 0.25) is 0 Å². The van der Waals surface area contributed by atoms with Gasteiger partial charge in [0.1, 0.15) is 0 Å². The highest BCUT2D eigenvalue weighted by atomic mass is 79.9. The first-order valence-corrected chi connectivity index (χ1v) is 6.26. The molecule has 0 aromatic carbocycles. The van der Waals surface area contributed by atoms with Crippen LogP contribution in [-0.4, -0.2) is 17.7 Å². The van der Waals surface area contributed by atoms with Gasteiger partial charge in [-0.25, -0.2) is 4.79 Å². The van der Waals surface area contributed by atoms with Crippen LogP contribution in [-0.2, 0) is 4.74 Å². The minimum absolute atomic E-state index is 0.196. The lowest BCUT2D eigenvalue weighted by Crippen LogP contribution is -2.04. The van der Waals surface area contributed by atoms with Gasteiger partial charge in [0.15, 0.2) is 11.5 Å². The van der Waals surface area contributed by atoms with Crippen molar-refractivity contribution < 1.29 is 14.1 Å². The summed E-state index contributed by atoms with van der Waals surface area (Å²) in [5.41, 5.74) is 0.196. The number of hydrogen-bond acceptors (Lipinski definition) is 5. The molecule has 0 bridgehead atoms. The summed E-state index contributed by atoms with van der Waals surface area (Å²) in [6, 6.07) is 3.48. The molecule has 0 radical (unpaired) electrons. The molecular weight excluding hydrogens is 294 g/mol. The molecule has 0 saturated heterocycles. The first kappa shape index (κ1) is 11.3. The van der Waals surface area contributed by atoms with Crippen LogP contribution in [0.2, 0.25) is 0 Å². The molecule has 2 aromatic rings. The number of carbonyl (C=O) groups is 1. The predicted molar refractivity (Wildman–Crippen MR) is 63.5 cm³/mol. The van der Waals surface area contributed by atoms with Crippen molar-refractivity contribution in [1.29, 1.82) is 0 Å². The molecule has 0 spiro atoms. The summed E-state index contributed by atoms with van der Waals surface area (Å²) in [5, 5.41) is 5.59. The number of rotatable bonds is 3. The quantitative estimate of drug-likeness (QED) is 0.816. The number of halogens is 1. The Kier molecular flexibility index (Phi) is 3.40. The van der Waals surface area contributed by atoms with Gasteiger partial charge in [0.25, 0.3) is 0 Å². The van der Waals surface area contributed by atoms with Gasteiger partial charge in [-0.3, -0.25) is 0 Å². The molecule has 16 heavy (non-hydrogen) atoms. The zero-order valence-corrected chi connectivity index (χ0v) is 10.8. The minimum Gasteiger partial charge on any atom is -0.461 e. The number of aromatic nitrogens is 1. The number of thiophene rings is 1.